The second-order valence-electron chi connectivity index (χ2n) is 5.76. The van der Waals surface area contributed by atoms with E-state index in [1.54, 1.807) is 36.4 Å². The van der Waals surface area contributed by atoms with Crippen molar-refractivity contribution in [2.24, 2.45) is 0 Å². The quantitative estimate of drug-likeness (QED) is 0.320. The van der Waals surface area contributed by atoms with Gasteiger partial charge in [-0.3, -0.25) is 24.6 Å². The summed E-state index contributed by atoms with van der Waals surface area (Å²) in [6.45, 7) is 0.137. The van der Waals surface area contributed by atoms with Crippen LogP contribution in [0.3, 0.4) is 0 Å². The van der Waals surface area contributed by atoms with E-state index < -0.39 is 16.1 Å². The molecule has 0 saturated carbocycles. The third-order valence-electron chi connectivity index (χ3n) is 3.84. The summed E-state index contributed by atoms with van der Waals surface area (Å²) in [4.78, 5) is 36.5. The molecule has 0 aromatic heterocycles. The molecule has 0 unspecified atom stereocenters. The standard InChI is InChI=1S/C20H14N2O5S/c1-2-10-27-17-8-6-14(7-9-17)12-18-19(23)21(20(24)28-18)13-15-4-3-5-16(11-15)22(25)26/h1,3-9,11-12H,10,13H2/b18-12-. The van der Waals surface area contributed by atoms with E-state index in [0.717, 1.165) is 22.2 Å². The summed E-state index contributed by atoms with van der Waals surface area (Å²) in [6, 6.07) is 12.8. The lowest BCUT2D eigenvalue weighted by Gasteiger charge is -2.12. The minimum absolute atomic E-state index is 0.0252. The third kappa shape index (κ3) is 4.39. The van der Waals surface area contributed by atoms with Crippen LogP contribution in [0.25, 0.3) is 6.08 Å². The number of hydrogen-bond acceptors (Lipinski definition) is 6. The number of imide groups is 1. The van der Waals surface area contributed by atoms with Gasteiger partial charge in [0, 0.05) is 12.1 Å². The van der Waals surface area contributed by atoms with Crippen LogP contribution < -0.4 is 4.74 Å². The Morgan fingerprint density at radius 3 is 2.64 bits per heavy atom. The van der Waals surface area contributed by atoms with Crippen molar-refractivity contribution in [3.05, 3.63) is 74.7 Å². The molecule has 2 aromatic rings. The fourth-order valence-corrected chi connectivity index (χ4v) is 3.36. The van der Waals surface area contributed by atoms with E-state index in [-0.39, 0.29) is 23.7 Å². The first-order chi connectivity index (χ1) is 13.5. The summed E-state index contributed by atoms with van der Waals surface area (Å²) in [7, 11) is 0. The van der Waals surface area contributed by atoms with Crippen LogP contribution in [0.5, 0.6) is 5.75 Å². The van der Waals surface area contributed by atoms with Crippen LogP contribution in [0.1, 0.15) is 11.1 Å². The molecule has 140 valence electrons. The Bertz CT molecular complexity index is 1010. The van der Waals surface area contributed by atoms with Crippen molar-refractivity contribution in [1.29, 1.82) is 0 Å². The van der Waals surface area contributed by atoms with Gasteiger partial charge in [-0.05, 0) is 41.1 Å². The fraction of sp³-hybridized carbons (Fsp3) is 0.100. The van der Waals surface area contributed by atoms with Crippen LogP contribution >= 0.6 is 11.8 Å². The number of terminal acetylenes is 1. The molecule has 0 N–H and O–H groups in total. The molecule has 1 aliphatic heterocycles. The van der Waals surface area contributed by atoms with Gasteiger partial charge in [0.15, 0.2) is 0 Å². The van der Waals surface area contributed by atoms with Crippen LogP contribution in [0.2, 0.25) is 0 Å². The van der Waals surface area contributed by atoms with Gasteiger partial charge in [0.25, 0.3) is 16.8 Å². The second kappa shape index (κ2) is 8.41. The smallest absolute Gasteiger partial charge is 0.293 e. The topological polar surface area (TPSA) is 89.8 Å². The van der Waals surface area contributed by atoms with E-state index in [9.17, 15) is 19.7 Å². The molecular formula is C20H14N2O5S. The first-order valence-electron chi connectivity index (χ1n) is 8.13. The molecule has 1 saturated heterocycles. The number of ether oxygens (including phenoxy) is 1. The van der Waals surface area contributed by atoms with Crippen LogP contribution in [0.4, 0.5) is 10.5 Å². The van der Waals surface area contributed by atoms with Crippen LogP contribution in [-0.2, 0) is 11.3 Å². The van der Waals surface area contributed by atoms with Gasteiger partial charge in [0.05, 0.1) is 16.4 Å². The first kappa shape index (κ1) is 19.2. The zero-order valence-electron chi connectivity index (χ0n) is 14.5. The maximum absolute atomic E-state index is 12.6. The maximum Gasteiger partial charge on any atom is 0.293 e. The van der Waals surface area contributed by atoms with Crippen molar-refractivity contribution < 1.29 is 19.2 Å². The van der Waals surface area contributed by atoms with Crippen LogP contribution in [0, 0.1) is 22.5 Å². The number of non-ortho nitro benzene ring substituents is 1. The number of nitro groups is 1. The minimum Gasteiger partial charge on any atom is -0.481 e. The molecule has 0 bridgehead atoms. The normalized spacial score (nSPS) is 15.0. The van der Waals surface area contributed by atoms with E-state index in [2.05, 4.69) is 5.92 Å². The molecule has 0 aliphatic carbocycles. The fourth-order valence-electron chi connectivity index (χ4n) is 2.52. The molecule has 0 radical (unpaired) electrons. The van der Waals surface area contributed by atoms with Crippen molar-refractivity contribution in [1.82, 2.24) is 4.90 Å². The summed E-state index contributed by atoms with van der Waals surface area (Å²) in [5.41, 5.74) is 1.15. The van der Waals surface area contributed by atoms with Crippen LogP contribution in [-0.4, -0.2) is 27.6 Å². The number of nitro benzene ring substituents is 1. The van der Waals surface area contributed by atoms with Crippen molar-refractivity contribution in [3.63, 3.8) is 0 Å². The number of nitrogens with zero attached hydrogens (tertiary/aromatic N) is 2. The zero-order valence-corrected chi connectivity index (χ0v) is 15.3. The Balaban J connectivity index is 1.74. The Morgan fingerprint density at radius 2 is 1.96 bits per heavy atom. The van der Waals surface area contributed by atoms with Gasteiger partial charge >= 0.3 is 0 Å². The molecule has 7 nitrogen and oxygen atoms in total. The lowest BCUT2D eigenvalue weighted by atomic mass is 10.2. The van der Waals surface area contributed by atoms with Gasteiger partial charge < -0.3 is 4.74 Å². The molecule has 2 aromatic carbocycles. The van der Waals surface area contributed by atoms with Gasteiger partial charge in [-0.1, -0.05) is 30.2 Å². The van der Waals surface area contributed by atoms with E-state index in [4.69, 9.17) is 11.2 Å². The average Bonchev–Trinajstić information content (AvgIpc) is 2.95. The first-order valence-corrected chi connectivity index (χ1v) is 8.94. The molecule has 8 heteroatoms. The molecule has 1 aliphatic rings. The summed E-state index contributed by atoms with van der Waals surface area (Å²) in [5.74, 6) is 2.54. The van der Waals surface area contributed by atoms with Gasteiger partial charge in [0.1, 0.15) is 12.4 Å². The summed E-state index contributed by atoms with van der Waals surface area (Å²) >= 11 is 0.831. The Labute approximate surface area is 165 Å². The molecule has 1 heterocycles. The number of rotatable bonds is 6. The number of thioether (sulfide) groups is 1. The van der Waals surface area contributed by atoms with Gasteiger partial charge in [-0.15, -0.1) is 6.42 Å². The van der Waals surface area contributed by atoms with Gasteiger partial charge in [0.2, 0.25) is 0 Å². The number of benzene rings is 2. The third-order valence-corrected chi connectivity index (χ3v) is 4.74. The molecule has 2 amide bonds. The summed E-state index contributed by atoms with van der Waals surface area (Å²) in [5, 5.41) is 10.5. The minimum atomic E-state index is -0.520. The molecule has 0 spiro atoms. The highest BCUT2D eigenvalue weighted by Gasteiger charge is 2.35. The molecular weight excluding hydrogens is 380 g/mol. The molecule has 3 rings (SSSR count). The Morgan fingerprint density at radius 1 is 1.21 bits per heavy atom. The van der Waals surface area contributed by atoms with Gasteiger partial charge in [-0.25, -0.2) is 0 Å². The predicted molar refractivity (Wildman–Crippen MR) is 105 cm³/mol. The van der Waals surface area contributed by atoms with Crippen molar-refractivity contribution in [2.45, 2.75) is 6.54 Å². The lowest BCUT2D eigenvalue weighted by molar-refractivity contribution is -0.384. The number of amides is 2. The summed E-state index contributed by atoms with van der Waals surface area (Å²) in [6.07, 6.45) is 6.75. The second-order valence-corrected chi connectivity index (χ2v) is 6.75. The molecule has 0 atom stereocenters. The molecule has 1 fully saturated rings. The largest absolute Gasteiger partial charge is 0.481 e. The van der Waals surface area contributed by atoms with E-state index in [1.165, 1.54) is 18.2 Å². The van der Waals surface area contributed by atoms with Crippen molar-refractivity contribution >= 4 is 34.7 Å². The highest BCUT2D eigenvalue weighted by Crippen LogP contribution is 2.33. The Hall–Kier alpha value is -3.57. The number of carbonyl (C=O) groups is 2. The van der Waals surface area contributed by atoms with E-state index >= 15 is 0 Å². The highest BCUT2D eigenvalue weighted by molar-refractivity contribution is 8.18. The summed E-state index contributed by atoms with van der Waals surface area (Å²) < 4.78 is 5.29. The molecule has 28 heavy (non-hydrogen) atoms. The van der Waals surface area contributed by atoms with E-state index in [1.807, 2.05) is 0 Å². The Kier molecular flexibility index (Phi) is 5.77. The lowest BCUT2D eigenvalue weighted by Crippen LogP contribution is -2.27. The van der Waals surface area contributed by atoms with Gasteiger partial charge in [-0.2, -0.15) is 0 Å². The van der Waals surface area contributed by atoms with Crippen molar-refractivity contribution in [2.75, 3.05) is 6.61 Å². The van der Waals surface area contributed by atoms with Crippen LogP contribution in [0.15, 0.2) is 53.4 Å². The highest BCUT2D eigenvalue weighted by atomic mass is 32.2. The van der Waals surface area contributed by atoms with Crippen molar-refractivity contribution in [3.8, 4) is 18.1 Å². The predicted octanol–water partition coefficient (Wildman–Crippen LogP) is 3.84. The maximum atomic E-state index is 12.6. The zero-order chi connectivity index (χ0) is 20.1. The number of carbonyl (C=O) groups excluding carboxylic acids is 2. The monoisotopic (exact) mass is 394 g/mol. The average molecular weight is 394 g/mol. The SMILES string of the molecule is C#CCOc1ccc(/C=C2\SC(=O)N(Cc3cccc([N+](=O)[O-])c3)C2=O)cc1. The number of hydrogen-bond donors (Lipinski definition) is 0. The van der Waals surface area contributed by atoms with E-state index in [0.29, 0.717) is 11.3 Å².